The second-order valence-electron chi connectivity index (χ2n) is 6.70. The molecule has 2 unspecified atom stereocenters. The number of hydrogen-bond acceptors (Lipinski definition) is 7. The third-order valence-corrected chi connectivity index (χ3v) is 6.82. The van der Waals surface area contributed by atoms with E-state index in [2.05, 4.69) is 0 Å². The van der Waals surface area contributed by atoms with Gasteiger partial charge in [-0.15, -0.1) is 22.7 Å². The van der Waals surface area contributed by atoms with Crippen LogP contribution in [-0.4, -0.2) is 43.2 Å². The third kappa shape index (κ3) is 3.40. The fourth-order valence-electron chi connectivity index (χ4n) is 3.61. The first-order chi connectivity index (χ1) is 12.7. The number of amides is 1. The molecule has 0 spiro atoms. The first-order valence-corrected chi connectivity index (χ1v) is 10.3. The van der Waals surface area contributed by atoms with E-state index < -0.39 is 24.2 Å². The molecule has 0 aliphatic carbocycles. The van der Waals surface area contributed by atoms with E-state index in [9.17, 15) is 9.90 Å². The highest BCUT2D eigenvalue weighted by Gasteiger charge is 2.58. The monoisotopic (exact) mass is 411 g/mol. The second-order valence-corrected chi connectivity index (χ2v) is 9.62. The van der Waals surface area contributed by atoms with Crippen LogP contribution in [0.2, 0.25) is 0 Å². The van der Waals surface area contributed by atoms with Crippen LogP contribution >= 0.6 is 22.7 Å². The van der Waals surface area contributed by atoms with Crippen molar-refractivity contribution in [2.24, 2.45) is 0 Å². The Balaban J connectivity index is 2.15. The lowest BCUT2D eigenvalue weighted by Crippen LogP contribution is -2.49. The molecule has 1 saturated heterocycles. The van der Waals surface area contributed by atoms with E-state index in [1.165, 1.54) is 19.1 Å². The Kier molecular flexibility index (Phi) is 5.65. The minimum absolute atomic E-state index is 0.0509. The number of methoxy groups -OCH3 is 2. The first kappa shape index (κ1) is 20.3. The summed E-state index contributed by atoms with van der Waals surface area (Å²) in [6.45, 7) is 7.95. The lowest BCUT2D eigenvalue weighted by molar-refractivity contribution is -0.160. The summed E-state index contributed by atoms with van der Waals surface area (Å²) in [6.07, 6.45) is -2.08. The van der Waals surface area contributed by atoms with Crippen molar-refractivity contribution in [1.29, 1.82) is 0 Å². The Morgan fingerprint density at radius 2 is 1.74 bits per heavy atom. The van der Waals surface area contributed by atoms with Gasteiger partial charge in [0.15, 0.2) is 12.4 Å². The molecule has 0 aromatic carbocycles. The molecule has 2 atom stereocenters. The Hall–Kier alpha value is -1.45. The van der Waals surface area contributed by atoms with Crippen molar-refractivity contribution in [2.45, 2.75) is 45.8 Å². The van der Waals surface area contributed by atoms with Gasteiger partial charge in [-0.05, 0) is 39.8 Å². The summed E-state index contributed by atoms with van der Waals surface area (Å²) < 4.78 is 16.2. The second kappa shape index (κ2) is 7.52. The molecule has 148 valence electrons. The summed E-state index contributed by atoms with van der Waals surface area (Å²) in [4.78, 5) is 18.2. The molecule has 0 saturated carbocycles. The zero-order valence-corrected chi connectivity index (χ0v) is 18.0. The quantitative estimate of drug-likeness (QED) is 0.728. The van der Waals surface area contributed by atoms with Crippen LogP contribution in [0.15, 0.2) is 12.1 Å². The molecule has 3 heterocycles. The van der Waals surface area contributed by atoms with Crippen molar-refractivity contribution in [2.75, 3.05) is 20.8 Å². The Morgan fingerprint density at radius 3 is 2.22 bits per heavy atom. The number of thiophene rings is 2. The average molecular weight is 412 g/mol. The summed E-state index contributed by atoms with van der Waals surface area (Å²) in [5.41, 5.74) is -0.139. The van der Waals surface area contributed by atoms with E-state index in [0.717, 1.165) is 25.1 Å². The van der Waals surface area contributed by atoms with Crippen LogP contribution in [0.5, 0.6) is 0 Å². The smallest absolute Gasteiger partial charge is 0.413 e. The Labute approximate surface area is 167 Å². The summed E-state index contributed by atoms with van der Waals surface area (Å²) in [5, 5.41) is 12.0. The molecule has 3 rings (SSSR count). The molecular formula is C19H25NO5S2. The predicted molar refractivity (Wildman–Crippen MR) is 105 cm³/mol. The number of carbonyl (C=O) groups excluding carboxylic acids is 1. The van der Waals surface area contributed by atoms with Gasteiger partial charge in [-0.25, -0.2) is 4.79 Å². The average Bonchev–Trinajstić information content (AvgIpc) is 3.20. The van der Waals surface area contributed by atoms with Crippen LogP contribution in [0, 0.1) is 27.7 Å². The lowest BCUT2D eigenvalue weighted by atomic mass is 9.91. The SMILES string of the molecule is COC(CN1C(=O)OC(c2cc(C)sc2C)C1(O)c1cc(C)sc1C)OC. The molecule has 1 N–H and O–H groups in total. The van der Waals surface area contributed by atoms with E-state index in [1.807, 2.05) is 39.8 Å². The van der Waals surface area contributed by atoms with E-state index >= 15 is 0 Å². The van der Waals surface area contributed by atoms with Gasteiger partial charge in [0.1, 0.15) is 0 Å². The van der Waals surface area contributed by atoms with Gasteiger partial charge in [-0.3, -0.25) is 4.90 Å². The molecule has 0 bridgehead atoms. The van der Waals surface area contributed by atoms with Crippen molar-refractivity contribution >= 4 is 28.8 Å². The highest BCUT2D eigenvalue weighted by Crippen LogP contribution is 2.50. The van der Waals surface area contributed by atoms with Gasteiger partial charge in [-0.2, -0.15) is 0 Å². The number of nitrogens with zero attached hydrogens (tertiary/aromatic N) is 1. The molecule has 2 aromatic heterocycles. The molecule has 1 aliphatic heterocycles. The highest BCUT2D eigenvalue weighted by molar-refractivity contribution is 7.12. The summed E-state index contributed by atoms with van der Waals surface area (Å²) >= 11 is 3.20. The molecule has 27 heavy (non-hydrogen) atoms. The van der Waals surface area contributed by atoms with Crippen molar-refractivity contribution < 1.29 is 24.1 Å². The van der Waals surface area contributed by atoms with Gasteiger partial charge in [0.05, 0.1) is 6.54 Å². The maximum absolute atomic E-state index is 12.8. The molecule has 1 amide bonds. The maximum atomic E-state index is 12.8. The van der Waals surface area contributed by atoms with Crippen LogP contribution in [-0.2, 0) is 19.9 Å². The van der Waals surface area contributed by atoms with Crippen LogP contribution in [0.4, 0.5) is 4.79 Å². The van der Waals surface area contributed by atoms with Crippen molar-refractivity contribution in [3.63, 3.8) is 0 Å². The summed E-state index contributed by atoms with van der Waals surface area (Å²) in [6, 6.07) is 3.90. The number of aryl methyl sites for hydroxylation is 4. The van der Waals surface area contributed by atoms with Gasteiger partial charge in [-0.1, -0.05) is 0 Å². The highest BCUT2D eigenvalue weighted by atomic mass is 32.1. The van der Waals surface area contributed by atoms with E-state index in [-0.39, 0.29) is 6.54 Å². The normalized spacial score (nSPS) is 22.7. The lowest BCUT2D eigenvalue weighted by Gasteiger charge is -2.35. The number of ether oxygens (including phenoxy) is 3. The predicted octanol–water partition coefficient (Wildman–Crippen LogP) is 4.00. The number of hydrogen-bond donors (Lipinski definition) is 1. The molecule has 1 aliphatic rings. The van der Waals surface area contributed by atoms with Crippen LogP contribution < -0.4 is 0 Å². The van der Waals surface area contributed by atoms with Crippen molar-refractivity contribution in [1.82, 2.24) is 4.90 Å². The van der Waals surface area contributed by atoms with Crippen LogP contribution in [0.25, 0.3) is 0 Å². The maximum Gasteiger partial charge on any atom is 0.413 e. The van der Waals surface area contributed by atoms with Crippen LogP contribution in [0.1, 0.15) is 36.7 Å². The Morgan fingerprint density at radius 1 is 1.15 bits per heavy atom. The standard InChI is InChI=1S/C19H25NO5S2/c1-10-7-14(12(3)26-10)17-19(22,15-8-11(2)27-13(15)4)20(18(21)25-17)9-16(23-5)24-6/h7-8,16-17,22H,9H2,1-6H3. The van der Waals surface area contributed by atoms with Gasteiger partial charge in [0.25, 0.3) is 0 Å². The number of aliphatic hydroxyl groups is 1. The van der Waals surface area contributed by atoms with Crippen molar-refractivity contribution in [3.8, 4) is 0 Å². The Bertz CT molecular complexity index is 841. The van der Waals surface area contributed by atoms with Gasteiger partial charge >= 0.3 is 6.09 Å². The summed E-state index contributed by atoms with van der Waals surface area (Å²) in [7, 11) is 3.00. The largest absolute Gasteiger partial charge is 0.435 e. The number of rotatable bonds is 6. The summed E-state index contributed by atoms with van der Waals surface area (Å²) in [5.74, 6) is 0. The van der Waals surface area contributed by atoms with Gasteiger partial charge < -0.3 is 19.3 Å². The molecule has 0 radical (unpaired) electrons. The zero-order valence-electron chi connectivity index (χ0n) is 16.4. The molecule has 6 nitrogen and oxygen atoms in total. The zero-order chi connectivity index (χ0) is 19.9. The topological polar surface area (TPSA) is 68.2 Å². The van der Waals surface area contributed by atoms with E-state index in [1.54, 1.807) is 22.7 Å². The van der Waals surface area contributed by atoms with Gasteiger partial charge in [0, 0.05) is 44.9 Å². The number of carbonyl (C=O) groups is 1. The molecule has 2 aromatic rings. The number of cyclic esters (lactones) is 1. The minimum atomic E-state index is -1.64. The van der Waals surface area contributed by atoms with Crippen LogP contribution in [0.3, 0.4) is 0 Å². The van der Waals surface area contributed by atoms with Gasteiger partial charge in [0.2, 0.25) is 5.72 Å². The first-order valence-electron chi connectivity index (χ1n) is 8.63. The minimum Gasteiger partial charge on any atom is -0.435 e. The fraction of sp³-hybridized carbons (Fsp3) is 0.526. The van der Waals surface area contributed by atoms with E-state index in [4.69, 9.17) is 14.2 Å². The van der Waals surface area contributed by atoms with Crippen molar-refractivity contribution in [3.05, 3.63) is 42.8 Å². The fourth-order valence-corrected chi connectivity index (χ4v) is 5.54. The molecule has 8 heteroatoms. The molecular weight excluding hydrogens is 386 g/mol. The third-order valence-electron chi connectivity index (χ3n) is 4.87. The molecule has 1 fully saturated rings. The van der Waals surface area contributed by atoms with E-state index in [0.29, 0.717) is 5.56 Å².